The first kappa shape index (κ1) is 21.5. The smallest absolute Gasteiger partial charge is 0.398 e. The Hall–Kier alpha value is -3.38. The van der Waals surface area contributed by atoms with Gasteiger partial charge in [-0.2, -0.15) is 0 Å². The first-order valence-electron chi connectivity index (χ1n) is 10.3. The van der Waals surface area contributed by atoms with Crippen molar-refractivity contribution in [3.63, 3.8) is 0 Å². The van der Waals surface area contributed by atoms with Crippen molar-refractivity contribution in [2.45, 2.75) is 0 Å². The Labute approximate surface area is 202 Å². The zero-order valence-electron chi connectivity index (χ0n) is 17.4. The molecular weight excluding hydrogens is 471 g/mol. The van der Waals surface area contributed by atoms with E-state index in [9.17, 15) is 0 Å². The van der Waals surface area contributed by atoms with Crippen LogP contribution in [0.2, 0.25) is 10.0 Å². The zero-order chi connectivity index (χ0) is 22.7. The second kappa shape index (κ2) is 9.23. The molecular formula is C26H18Cl2N2O2Si. The molecule has 0 saturated carbocycles. The topological polar surface area (TPSA) is 43.2 Å². The maximum absolute atomic E-state index is 6.37. The van der Waals surface area contributed by atoms with E-state index in [0.717, 1.165) is 21.5 Å². The Bertz CT molecular complexity index is 1210. The Morgan fingerprint density at radius 3 is 1.21 bits per heavy atom. The van der Waals surface area contributed by atoms with Crippen LogP contribution in [0, 0.1) is 0 Å². The summed E-state index contributed by atoms with van der Waals surface area (Å²) in [4.78, 5) is 0. The molecule has 1 aliphatic rings. The summed E-state index contributed by atoms with van der Waals surface area (Å²) in [5.74, 6) is 0. The van der Waals surface area contributed by atoms with Gasteiger partial charge in [0.15, 0.2) is 0 Å². The van der Waals surface area contributed by atoms with Gasteiger partial charge in [-0.15, -0.1) is 0 Å². The minimum atomic E-state index is -3.28. The number of halogens is 2. The van der Waals surface area contributed by atoms with E-state index in [0.29, 0.717) is 21.5 Å². The first-order valence-corrected chi connectivity index (χ1v) is 12.9. The highest BCUT2D eigenvalue weighted by atomic mass is 35.5. The average molecular weight is 489 g/mol. The highest BCUT2D eigenvalue weighted by molar-refractivity contribution is 6.92. The average Bonchev–Trinajstić information content (AvgIpc) is 3.07. The predicted molar refractivity (Wildman–Crippen MR) is 136 cm³/mol. The number of nitrogens with zero attached hydrogens (tertiary/aromatic N) is 2. The molecule has 4 nitrogen and oxygen atoms in total. The first-order chi connectivity index (χ1) is 16.2. The van der Waals surface area contributed by atoms with E-state index in [1.54, 1.807) is 0 Å². The van der Waals surface area contributed by atoms with Crippen LogP contribution in [0.4, 0.5) is 0 Å². The van der Waals surface area contributed by atoms with Crippen LogP contribution in [0.25, 0.3) is 0 Å². The molecule has 0 radical (unpaired) electrons. The largest absolute Gasteiger partial charge is 0.574 e. The molecule has 4 aromatic carbocycles. The summed E-state index contributed by atoms with van der Waals surface area (Å²) in [6, 6.07) is 34.5. The van der Waals surface area contributed by atoms with Gasteiger partial charge in [0.25, 0.3) is 0 Å². The molecule has 0 bridgehead atoms. The Balaban J connectivity index is 1.71. The zero-order valence-corrected chi connectivity index (χ0v) is 19.9. The summed E-state index contributed by atoms with van der Waals surface area (Å²) in [5, 5.41) is 12.4. The van der Waals surface area contributed by atoms with Gasteiger partial charge in [0.2, 0.25) is 0 Å². The predicted octanol–water partition coefficient (Wildman–Crippen LogP) is 5.41. The van der Waals surface area contributed by atoms with E-state index in [4.69, 9.17) is 32.3 Å². The quantitative estimate of drug-likeness (QED) is 0.360. The second-order valence-corrected chi connectivity index (χ2v) is 11.1. The van der Waals surface area contributed by atoms with Crippen molar-refractivity contribution in [2.75, 3.05) is 0 Å². The van der Waals surface area contributed by atoms with E-state index in [1.807, 2.05) is 109 Å². The summed E-state index contributed by atoms with van der Waals surface area (Å²) >= 11 is 12.3. The van der Waals surface area contributed by atoms with Gasteiger partial charge >= 0.3 is 8.56 Å². The molecule has 0 fully saturated rings. The van der Waals surface area contributed by atoms with Gasteiger partial charge in [0.05, 0.1) is 0 Å². The number of rotatable bonds is 4. The fourth-order valence-electron chi connectivity index (χ4n) is 3.61. The molecule has 0 aromatic heterocycles. The third-order valence-electron chi connectivity index (χ3n) is 5.30. The molecule has 0 saturated heterocycles. The maximum atomic E-state index is 6.37. The van der Waals surface area contributed by atoms with Gasteiger partial charge < -0.3 is 9.05 Å². The Morgan fingerprint density at radius 2 is 0.848 bits per heavy atom. The monoisotopic (exact) mass is 488 g/mol. The lowest BCUT2D eigenvalue weighted by Crippen LogP contribution is -2.61. The van der Waals surface area contributed by atoms with E-state index < -0.39 is 8.56 Å². The van der Waals surface area contributed by atoms with Crippen molar-refractivity contribution < 1.29 is 9.05 Å². The molecule has 7 heteroatoms. The molecule has 0 N–H and O–H groups in total. The molecule has 0 spiro atoms. The molecule has 0 amide bonds. The van der Waals surface area contributed by atoms with Crippen LogP contribution in [0.5, 0.6) is 0 Å². The van der Waals surface area contributed by atoms with Crippen LogP contribution in [-0.4, -0.2) is 20.0 Å². The van der Waals surface area contributed by atoms with Gasteiger partial charge in [-0.05, 0) is 24.3 Å². The van der Waals surface area contributed by atoms with Gasteiger partial charge in [-0.3, -0.25) is 0 Å². The maximum Gasteiger partial charge on any atom is 0.574 e. The normalized spacial score (nSPS) is 14.8. The van der Waals surface area contributed by atoms with Gasteiger partial charge in [0.1, 0.15) is 11.4 Å². The fraction of sp³-hybridized carbons (Fsp3) is 0. The van der Waals surface area contributed by atoms with Gasteiger partial charge in [0, 0.05) is 31.5 Å². The lowest BCUT2D eigenvalue weighted by atomic mass is 10.00. The molecule has 4 aromatic rings. The second-order valence-electron chi connectivity index (χ2n) is 7.42. The molecule has 0 unspecified atom stereocenters. The summed E-state index contributed by atoms with van der Waals surface area (Å²) in [6.45, 7) is 0. The summed E-state index contributed by atoms with van der Waals surface area (Å²) < 4.78 is 12.7. The van der Waals surface area contributed by atoms with Crippen LogP contribution in [0.1, 0.15) is 11.1 Å². The van der Waals surface area contributed by atoms with Crippen LogP contribution in [0.15, 0.2) is 120 Å². The molecule has 5 rings (SSSR count). The third-order valence-corrected chi connectivity index (χ3v) is 8.69. The SMILES string of the molecule is Clc1ccc(C2=NO[Si](c3ccccc3)(c3ccccc3)ON=C2c2ccc(Cl)cc2)cc1. The van der Waals surface area contributed by atoms with E-state index in [-0.39, 0.29) is 0 Å². The molecule has 0 atom stereocenters. The minimum Gasteiger partial charge on any atom is -0.398 e. The number of hydrogen-bond acceptors (Lipinski definition) is 4. The van der Waals surface area contributed by atoms with Crippen molar-refractivity contribution in [1.82, 2.24) is 0 Å². The summed E-state index contributed by atoms with van der Waals surface area (Å²) in [6.07, 6.45) is 0. The van der Waals surface area contributed by atoms with E-state index >= 15 is 0 Å². The third kappa shape index (κ3) is 4.31. The minimum absolute atomic E-state index is 0.551. The summed E-state index contributed by atoms with van der Waals surface area (Å²) in [7, 11) is -3.28. The Kier molecular flexibility index (Phi) is 6.01. The van der Waals surface area contributed by atoms with Crippen LogP contribution in [0.3, 0.4) is 0 Å². The summed E-state index contributed by atoms with van der Waals surface area (Å²) in [5.41, 5.74) is 2.72. The number of hydrogen-bond donors (Lipinski definition) is 0. The highest BCUT2D eigenvalue weighted by Crippen LogP contribution is 2.21. The molecule has 162 valence electrons. The standard InChI is InChI=1S/C26H18Cl2N2O2Si/c27-21-15-11-19(12-16-21)25-26(20-13-17-22(28)18-14-20)30-32-33(31-29-25,23-7-3-1-4-8-23)24-9-5-2-6-10-24/h1-18H. The van der Waals surface area contributed by atoms with Crippen LogP contribution >= 0.6 is 23.2 Å². The molecule has 1 heterocycles. The van der Waals surface area contributed by atoms with Crippen molar-refractivity contribution in [2.24, 2.45) is 10.3 Å². The molecule has 1 aliphatic heterocycles. The van der Waals surface area contributed by atoms with Crippen molar-refractivity contribution in [1.29, 1.82) is 0 Å². The number of oxime groups is 2. The Morgan fingerprint density at radius 1 is 0.485 bits per heavy atom. The van der Waals surface area contributed by atoms with Crippen molar-refractivity contribution >= 4 is 53.6 Å². The van der Waals surface area contributed by atoms with E-state index in [2.05, 4.69) is 10.3 Å². The van der Waals surface area contributed by atoms with Crippen LogP contribution in [-0.2, 0) is 9.05 Å². The lowest BCUT2D eigenvalue weighted by molar-refractivity contribution is 0.211. The van der Waals surface area contributed by atoms with Crippen LogP contribution < -0.4 is 10.4 Å². The molecule has 0 aliphatic carbocycles. The fourth-order valence-corrected chi connectivity index (χ4v) is 6.35. The highest BCUT2D eigenvalue weighted by Gasteiger charge is 2.50. The lowest BCUT2D eigenvalue weighted by Gasteiger charge is -2.24. The van der Waals surface area contributed by atoms with Crippen molar-refractivity contribution in [3.8, 4) is 0 Å². The van der Waals surface area contributed by atoms with Gasteiger partial charge in [-0.25, -0.2) is 0 Å². The van der Waals surface area contributed by atoms with Crippen molar-refractivity contribution in [3.05, 3.63) is 130 Å². The van der Waals surface area contributed by atoms with E-state index in [1.165, 1.54) is 0 Å². The number of benzene rings is 4. The molecule has 33 heavy (non-hydrogen) atoms. The van der Waals surface area contributed by atoms with Gasteiger partial charge in [-0.1, -0.05) is 118 Å².